The van der Waals surface area contributed by atoms with Gasteiger partial charge in [0, 0.05) is 0 Å². The fourth-order valence-corrected chi connectivity index (χ4v) is 1.99. The van der Waals surface area contributed by atoms with E-state index in [-0.39, 0.29) is 0 Å². The van der Waals surface area contributed by atoms with Gasteiger partial charge in [0.25, 0.3) is 0 Å². The minimum Gasteiger partial charge on any atom is -0.390 e. The molecule has 0 radical (unpaired) electrons. The van der Waals surface area contributed by atoms with Gasteiger partial charge in [0.05, 0.1) is 12.2 Å². The van der Waals surface area contributed by atoms with Gasteiger partial charge in [-0.25, -0.2) is 0 Å². The molecule has 2 nitrogen and oxygen atoms in total. The third kappa shape index (κ3) is 1.74. The van der Waals surface area contributed by atoms with E-state index in [0.29, 0.717) is 18.8 Å². The Kier molecular flexibility index (Phi) is 2.34. The summed E-state index contributed by atoms with van der Waals surface area (Å²) in [6, 6.07) is 10.1. The number of hydrogen-bond donors (Lipinski definition) is 2. The van der Waals surface area contributed by atoms with Crippen LogP contribution in [0, 0.1) is 0 Å². The molecule has 1 saturated carbocycles. The molecular weight excluding hydrogens is 164 g/mol. The minimum absolute atomic E-state index is 0.325. The second kappa shape index (κ2) is 3.48. The lowest BCUT2D eigenvalue weighted by molar-refractivity contribution is 0.0438. The molecule has 1 aromatic rings. The first-order valence-corrected chi connectivity index (χ1v) is 4.68. The largest absolute Gasteiger partial charge is 0.390 e. The lowest BCUT2D eigenvalue weighted by Crippen LogP contribution is -2.17. The maximum absolute atomic E-state index is 9.38. The molecule has 1 aromatic carbocycles. The number of aliphatic hydroxyl groups is 2. The normalized spacial score (nSPS) is 33.5. The Morgan fingerprint density at radius 3 is 2.00 bits per heavy atom. The Balaban J connectivity index is 2.12. The van der Waals surface area contributed by atoms with Gasteiger partial charge in [0.1, 0.15) is 0 Å². The van der Waals surface area contributed by atoms with Gasteiger partial charge in [0.2, 0.25) is 0 Å². The van der Waals surface area contributed by atoms with E-state index in [0.717, 1.165) is 0 Å². The highest BCUT2D eigenvalue weighted by atomic mass is 16.3. The zero-order valence-electron chi connectivity index (χ0n) is 7.43. The lowest BCUT2D eigenvalue weighted by atomic mass is 9.98. The van der Waals surface area contributed by atoms with Gasteiger partial charge in [-0.2, -0.15) is 0 Å². The summed E-state index contributed by atoms with van der Waals surface area (Å²) >= 11 is 0. The van der Waals surface area contributed by atoms with E-state index in [1.165, 1.54) is 5.56 Å². The second-order valence-electron chi connectivity index (χ2n) is 3.71. The van der Waals surface area contributed by atoms with Crippen LogP contribution in [0.1, 0.15) is 24.3 Å². The van der Waals surface area contributed by atoms with Crippen LogP contribution in [0.2, 0.25) is 0 Å². The van der Waals surface area contributed by atoms with Crippen LogP contribution in [-0.2, 0) is 0 Å². The van der Waals surface area contributed by atoms with Crippen molar-refractivity contribution >= 4 is 0 Å². The van der Waals surface area contributed by atoms with Crippen LogP contribution < -0.4 is 0 Å². The molecule has 13 heavy (non-hydrogen) atoms. The molecule has 0 unspecified atom stereocenters. The van der Waals surface area contributed by atoms with Crippen molar-refractivity contribution in [2.24, 2.45) is 0 Å². The summed E-state index contributed by atoms with van der Waals surface area (Å²) in [4.78, 5) is 0. The van der Waals surface area contributed by atoms with Crippen LogP contribution in [0.4, 0.5) is 0 Å². The fraction of sp³-hybridized carbons (Fsp3) is 0.455. The molecule has 2 heteroatoms. The van der Waals surface area contributed by atoms with Gasteiger partial charge < -0.3 is 10.2 Å². The van der Waals surface area contributed by atoms with Crippen molar-refractivity contribution in [2.45, 2.75) is 31.0 Å². The first kappa shape index (κ1) is 8.73. The van der Waals surface area contributed by atoms with Gasteiger partial charge in [-0.3, -0.25) is 0 Å². The molecule has 0 aromatic heterocycles. The third-order valence-corrected chi connectivity index (χ3v) is 2.77. The Morgan fingerprint density at radius 2 is 1.46 bits per heavy atom. The SMILES string of the molecule is O[C@@H]1C[C@H](c2ccccc2)C[C@@H]1O. The summed E-state index contributed by atoms with van der Waals surface area (Å²) in [5.41, 5.74) is 1.22. The molecule has 70 valence electrons. The summed E-state index contributed by atoms with van der Waals surface area (Å²) in [5, 5.41) is 18.8. The highest BCUT2D eigenvalue weighted by Gasteiger charge is 2.31. The van der Waals surface area contributed by atoms with Gasteiger partial charge in [0.15, 0.2) is 0 Å². The Hall–Kier alpha value is -0.860. The van der Waals surface area contributed by atoms with Crippen LogP contribution >= 0.6 is 0 Å². The molecule has 2 rings (SSSR count). The maximum atomic E-state index is 9.38. The molecule has 0 spiro atoms. The molecule has 1 fully saturated rings. The maximum Gasteiger partial charge on any atom is 0.0805 e. The van der Waals surface area contributed by atoms with Crippen LogP contribution in [0.25, 0.3) is 0 Å². The average Bonchev–Trinajstić information content (AvgIpc) is 2.49. The second-order valence-corrected chi connectivity index (χ2v) is 3.71. The van der Waals surface area contributed by atoms with E-state index in [1.54, 1.807) is 0 Å². The van der Waals surface area contributed by atoms with Crippen molar-refractivity contribution in [1.82, 2.24) is 0 Å². The Morgan fingerprint density at radius 1 is 0.923 bits per heavy atom. The van der Waals surface area contributed by atoms with Crippen molar-refractivity contribution in [1.29, 1.82) is 0 Å². The fourth-order valence-electron chi connectivity index (χ4n) is 1.99. The molecule has 0 saturated heterocycles. The van der Waals surface area contributed by atoms with Crippen LogP contribution in [0.3, 0.4) is 0 Å². The summed E-state index contributed by atoms with van der Waals surface area (Å²) < 4.78 is 0. The van der Waals surface area contributed by atoms with E-state index in [1.807, 2.05) is 18.2 Å². The lowest BCUT2D eigenvalue weighted by Gasteiger charge is -2.07. The van der Waals surface area contributed by atoms with Crippen LogP contribution in [0.15, 0.2) is 30.3 Å². The molecule has 0 heterocycles. The van der Waals surface area contributed by atoms with Crippen molar-refractivity contribution in [3.8, 4) is 0 Å². The molecule has 1 aliphatic rings. The molecule has 2 N–H and O–H groups in total. The highest BCUT2D eigenvalue weighted by molar-refractivity contribution is 5.21. The van der Waals surface area contributed by atoms with Gasteiger partial charge in [-0.05, 0) is 24.3 Å². The summed E-state index contributed by atoms with van der Waals surface area (Å²) in [6.07, 6.45) is 0.298. The minimum atomic E-state index is -0.537. The zero-order chi connectivity index (χ0) is 9.26. The number of rotatable bonds is 1. The smallest absolute Gasteiger partial charge is 0.0805 e. The standard InChI is InChI=1S/C11H14O2/c12-10-6-9(7-11(10)13)8-4-2-1-3-5-8/h1-5,9-13H,6-7H2/t9-,10+,11-. The molecule has 0 amide bonds. The topological polar surface area (TPSA) is 40.5 Å². The molecule has 0 aliphatic heterocycles. The molecule has 3 atom stereocenters. The summed E-state index contributed by atoms with van der Waals surface area (Å²) in [5.74, 6) is 0.325. The van der Waals surface area contributed by atoms with Crippen molar-refractivity contribution in [3.05, 3.63) is 35.9 Å². The first-order chi connectivity index (χ1) is 6.27. The van der Waals surface area contributed by atoms with Gasteiger partial charge in [-0.1, -0.05) is 30.3 Å². The Labute approximate surface area is 77.8 Å². The van der Waals surface area contributed by atoms with Crippen molar-refractivity contribution < 1.29 is 10.2 Å². The number of hydrogen-bond acceptors (Lipinski definition) is 2. The predicted molar refractivity (Wildman–Crippen MR) is 50.4 cm³/mol. The van der Waals surface area contributed by atoms with Crippen LogP contribution in [0.5, 0.6) is 0 Å². The van der Waals surface area contributed by atoms with Crippen LogP contribution in [-0.4, -0.2) is 22.4 Å². The van der Waals surface area contributed by atoms with Crippen molar-refractivity contribution in [3.63, 3.8) is 0 Å². The van der Waals surface area contributed by atoms with Gasteiger partial charge in [-0.15, -0.1) is 0 Å². The van der Waals surface area contributed by atoms with E-state index in [4.69, 9.17) is 0 Å². The monoisotopic (exact) mass is 178 g/mol. The average molecular weight is 178 g/mol. The summed E-state index contributed by atoms with van der Waals surface area (Å²) in [6.45, 7) is 0. The third-order valence-electron chi connectivity index (χ3n) is 2.77. The van der Waals surface area contributed by atoms with E-state index < -0.39 is 12.2 Å². The summed E-state index contributed by atoms with van der Waals surface area (Å²) in [7, 11) is 0. The highest BCUT2D eigenvalue weighted by Crippen LogP contribution is 2.34. The van der Waals surface area contributed by atoms with Crippen molar-refractivity contribution in [2.75, 3.05) is 0 Å². The van der Waals surface area contributed by atoms with Gasteiger partial charge >= 0.3 is 0 Å². The zero-order valence-corrected chi connectivity index (χ0v) is 7.43. The molecule has 0 bridgehead atoms. The first-order valence-electron chi connectivity index (χ1n) is 4.68. The van der Waals surface area contributed by atoms with E-state index in [2.05, 4.69) is 12.1 Å². The predicted octanol–water partition coefficient (Wildman–Crippen LogP) is 1.29. The quantitative estimate of drug-likeness (QED) is 0.680. The molecular formula is C11H14O2. The van der Waals surface area contributed by atoms with E-state index >= 15 is 0 Å². The number of benzene rings is 1. The van der Waals surface area contributed by atoms with E-state index in [9.17, 15) is 10.2 Å². The molecule has 1 aliphatic carbocycles. The Bertz CT molecular complexity index is 261. The number of aliphatic hydroxyl groups excluding tert-OH is 2.